The summed E-state index contributed by atoms with van der Waals surface area (Å²) >= 11 is 0. The van der Waals surface area contributed by atoms with Crippen molar-refractivity contribution in [2.75, 3.05) is 6.61 Å². The maximum Gasteiger partial charge on any atom is 0.198 e. The first-order valence-electron chi connectivity index (χ1n) is 15.4. The molecule has 0 unspecified atom stereocenters. The summed E-state index contributed by atoms with van der Waals surface area (Å²) in [6.45, 7) is 19.6. The van der Waals surface area contributed by atoms with Crippen LogP contribution in [0.1, 0.15) is 107 Å². The van der Waals surface area contributed by atoms with Crippen molar-refractivity contribution in [3.05, 3.63) is 0 Å². The van der Waals surface area contributed by atoms with E-state index in [-0.39, 0.29) is 51.0 Å². The van der Waals surface area contributed by atoms with E-state index in [4.69, 9.17) is 14.2 Å². The molecular weight excluding hydrogens is 464 g/mol. The van der Waals surface area contributed by atoms with E-state index >= 15 is 0 Å². The lowest BCUT2D eigenvalue weighted by molar-refractivity contribution is -0.361. The van der Waals surface area contributed by atoms with Crippen molar-refractivity contribution in [3.63, 3.8) is 0 Å². The molecule has 0 radical (unpaired) electrons. The van der Waals surface area contributed by atoms with Crippen LogP contribution in [0.5, 0.6) is 0 Å². The standard InChI is InChI=1S/C32H50O5/c1-18-13-32(23-26(5,36-23)17-35-32)37-27(6)15-25(4)20-10-9-19-24(2,3)21(33)11-12-30(19)16-31(20,30)14-22(34)29(25,8)28(18,27)7/h18-23,33-34H,9-17H2,1-8H3/t18-,19+,20+,21+,22-,23+,25+,26+,27+,28+,29+,30-,31+,32+/m1/s1. The van der Waals surface area contributed by atoms with Gasteiger partial charge in [-0.15, -0.1) is 0 Å². The lowest BCUT2D eigenvalue weighted by Crippen LogP contribution is -2.68. The maximum atomic E-state index is 12.4. The largest absolute Gasteiger partial charge is 0.393 e. The van der Waals surface area contributed by atoms with Crippen molar-refractivity contribution in [2.24, 2.45) is 50.2 Å². The smallest absolute Gasteiger partial charge is 0.198 e. The van der Waals surface area contributed by atoms with E-state index in [1.807, 2.05) is 0 Å². The Hall–Kier alpha value is -0.200. The van der Waals surface area contributed by atoms with Crippen LogP contribution in [-0.4, -0.2) is 52.1 Å². The van der Waals surface area contributed by atoms with E-state index in [1.54, 1.807) is 0 Å². The second-order valence-electron chi connectivity index (χ2n) is 17.1. The topological polar surface area (TPSA) is 71.5 Å². The molecule has 3 aliphatic heterocycles. The van der Waals surface area contributed by atoms with Gasteiger partial charge >= 0.3 is 0 Å². The van der Waals surface area contributed by atoms with Crippen LogP contribution in [0.4, 0.5) is 0 Å². The molecule has 0 amide bonds. The second kappa shape index (κ2) is 6.17. The Morgan fingerprint density at radius 1 is 0.757 bits per heavy atom. The quantitative estimate of drug-likeness (QED) is 0.420. The zero-order chi connectivity index (χ0) is 26.4. The minimum Gasteiger partial charge on any atom is -0.393 e. The number of hydrogen-bond donors (Lipinski definition) is 2. The third-order valence-corrected chi connectivity index (χ3v) is 16.1. The molecule has 5 nitrogen and oxygen atoms in total. The van der Waals surface area contributed by atoms with E-state index in [0.717, 1.165) is 32.1 Å². The van der Waals surface area contributed by atoms with Gasteiger partial charge < -0.3 is 24.4 Å². The van der Waals surface area contributed by atoms with Gasteiger partial charge in [0.1, 0.15) is 11.7 Å². The molecule has 8 fully saturated rings. The number of rotatable bonds is 0. The molecule has 0 aromatic carbocycles. The molecule has 5 aliphatic carbocycles. The summed E-state index contributed by atoms with van der Waals surface area (Å²) in [5.74, 6) is 0.855. The monoisotopic (exact) mass is 514 g/mol. The minimum atomic E-state index is -0.646. The molecule has 5 saturated carbocycles. The van der Waals surface area contributed by atoms with Gasteiger partial charge in [-0.2, -0.15) is 0 Å². The SMILES string of the molecule is C[C@@H]1C[C@]2(OC[C@]3(C)O[C@H]23)O[C@@]2(C)C[C@@]3(C)[C@@H]4CC[C@H]5C(C)(C)[C@@H](O)CC[C@@]56C[C@@]46C[C@@H](O)[C@]3(C)[C@@]12C. The second-order valence-corrected chi connectivity index (χ2v) is 17.1. The zero-order valence-electron chi connectivity index (χ0n) is 24.4. The van der Waals surface area contributed by atoms with Gasteiger partial charge in [-0.1, -0.05) is 41.5 Å². The van der Waals surface area contributed by atoms with Crippen molar-refractivity contribution >= 4 is 0 Å². The van der Waals surface area contributed by atoms with Crippen molar-refractivity contribution in [3.8, 4) is 0 Å². The summed E-state index contributed by atoms with van der Waals surface area (Å²) < 4.78 is 20.0. The highest BCUT2D eigenvalue weighted by atomic mass is 16.8. The average Bonchev–Trinajstić information content (AvgIpc) is 3.64. The van der Waals surface area contributed by atoms with Gasteiger partial charge in [0.2, 0.25) is 0 Å². The number of hydrogen-bond acceptors (Lipinski definition) is 5. The molecular formula is C32H50O5. The molecule has 5 heteroatoms. The number of fused-ring (bicyclic) bond motifs is 6. The lowest BCUT2D eigenvalue weighted by Gasteiger charge is -2.67. The van der Waals surface area contributed by atoms with Gasteiger partial charge in [0, 0.05) is 17.3 Å². The highest BCUT2D eigenvalue weighted by Gasteiger charge is 2.89. The van der Waals surface area contributed by atoms with Gasteiger partial charge in [-0.3, -0.25) is 0 Å². The lowest BCUT2D eigenvalue weighted by atomic mass is 9.38. The summed E-state index contributed by atoms with van der Waals surface area (Å²) in [7, 11) is 0. The van der Waals surface area contributed by atoms with Crippen LogP contribution in [0.2, 0.25) is 0 Å². The molecule has 37 heavy (non-hydrogen) atoms. The molecule has 8 aliphatic rings. The highest BCUT2D eigenvalue weighted by molar-refractivity contribution is 5.36. The molecule has 2 N–H and O–H groups in total. The van der Waals surface area contributed by atoms with E-state index < -0.39 is 11.4 Å². The molecule has 14 atom stereocenters. The predicted octanol–water partition coefficient (Wildman–Crippen LogP) is 5.46. The van der Waals surface area contributed by atoms with Gasteiger partial charge in [0.15, 0.2) is 5.79 Å². The molecule has 0 aromatic rings. The minimum absolute atomic E-state index is 0.0189. The number of epoxide rings is 1. The fourth-order valence-electron chi connectivity index (χ4n) is 14.0. The third kappa shape index (κ3) is 2.19. The Labute approximate surface area is 223 Å². The van der Waals surface area contributed by atoms with Crippen LogP contribution in [0.25, 0.3) is 0 Å². The highest BCUT2D eigenvalue weighted by Crippen LogP contribution is 2.91. The zero-order valence-corrected chi connectivity index (χ0v) is 24.4. The Kier molecular flexibility index (Phi) is 4.10. The van der Waals surface area contributed by atoms with E-state index in [1.165, 1.54) is 19.3 Å². The van der Waals surface area contributed by atoms with Crippen LogP contribution in [-0.2, 0) is 14.2 Å². The van der Waals surface area contributed by atoms with Crippen LogP contribution in [0.3, 0.4) is 0 Å². The van der Waals surface area contributed by atoms with E-state index in [0.29, 0.717) is 29.8 Å². The maximum absolute atomic E-state index is 12.4. The molecule has 3 heterocycles. The third-order valence-electron chi connectivity index (χ3n) is 16.1. The Morgan fingerprint density at radius 3 is 2.11 bits per heavy atom. The molecule has 3 saturated heterocycles. The van der Waals surface area contributed by atoms with Gasteiger partial charge in [0.25, 0.3) is 0 Å². The van der Waals surface area contributed by atoms with Crippen LogP contribution >= 0.6 is 0 Å². The molecule has 0 bridgehead atoms. The van der Waals surface area contributed by atoms with E-state index in [2.05, 4.69) is 55.4 Å². The van der Waals surface area contributed by atoms with Crippen LogP contribution in [0, 0.1) is 50.2 Å². The normalized spacial score (nSPS) is 70.2. The van der Waals surface area contributed by atoms with Crippen LogP contribution in [0.15, 0.2) is 0 Å². The van der Waals surface area contributed by atoms with Crippen LogP contribution < -0.4 is 0 Å². The summed E-state index contributed by atoms with van der Waals surface area (Å²) in [6.07, 6.45) is 7.94. The number of aliphatic hydroxyl groups excluding tert-OH is 2. The fourth-order valence-corrected chi connectivity index (χ4v) is 14.0. The summed E-state index contributed by atoms with van der Waals surface area (Å²) in [4.78, 5) is 0. The predicted molar refractivity (Wildman–Crippen MR) is 140 cm³/mol. The number of aliphatic hydroxyl groups is 2. The summed E-state index contributed by atoms with van der Waals surface area (Å²) in [6, 6.07) is 0. The van der Waals surface area contributed by atoms with E-state index in [9.17, 15) is 10.2 Å². The summed E-state index contributed by atoms with van der Waals surface area (Å²) in [5.41, 5.74) is -0.535. The Morgan fingerprint density at radius 2 is 1.46 bits per heavy atom. The molecule has 8 rings (SSSR count). The first-order chi connectivity index (χ1) is 17.0. The average molecular weight is 515 g/mol. The Balaban J connectivity index is 1.23. The van der Waals surface area contributed by atoms with Gasteiger partial charge in [0.05, 0.1) is 24.4 Å². The Bertz CT molecular complexity index is 1090. The molecule has 208 valence electrons. The first kappa shape index (κ1) is 24.6. The van der Waals surface area contributed by atoms with Crippen molar-refractivity contribution < 1.29 is 24.4 Å². The number of ether oxygens (including phenoxy) is 3. The summed E-state index contributed by atoms with van der Waals surface area (Å²) in [5, 5.41) is 23.4. The van der Waals surface area contributed by atoms with Crippen molar-refractivity contribution in [1.29, 1.82) is 0 Å². The van der Waals surface area contributed by atoms with Gasteiger partial charge in [-0.05, 0) is 98.2 Å². The fraction of sp³-hybridized carbons (Fsp3) is 1.00. The van der Waals surface area contributed by atoms with Crippen molar-refractivity contribution in [2.45, 2.75) is 142 Å². The first-order valence-corrected chi connectivity index (χ1v) is 15.4. The van der Waals surface area contributed by atoms with Gasteiger partial charge in [-0.25, -0.2) is 0 Å². The van der Waals surface area contributed by atoms with Crippen molar-refractivity contribution in [1.82, 2.24) is 0 Å². The molecule has 0 aromatic heterocycles. The molecule has 3 spiro atoms.